The van der Waals surface area contributed by atoms with Crippen LogP contribution in [0.25, 0.3) is 21.9 Å². The molecule has 0 atom stereocenters. The van der Waals surface area contributed by atoms with Crippen molar-refractivity contribution in [3.05, 3.63) is 86.2 Å². The van der Waals surface area contributed by atoms with Crippen LogP contribution in [-0.4, -0.2) is 5.91 Å². The first-order valence-electron chi connectivity index (χ1n) is 8.09. The Balaban J connectivity index is 1.74. The first-order chi connectivity index (χ1) is 13.0. The largest absolute Gasteiger partial charge is 0.438 e. The van der Waals surface area contributed by atoms with Crippen molar-refractivity contribution in [2.75, 3.05) is 0 Å². The first kappa shape index (κ1) is 17.2. The van der Waals surface area contributed by atoms with E-state index in [9.17, 15) is 9.59 Å². The molecule has 2 heterocycles. The van der Waals surface area contributed by atoms with Gasteiger partial charge in [0.25, 0.3) is 5.91 Å². The van der Waals surface area contributed by atoms with E-state index >= 15 is 0 Å². The van der Waals surface area contributed by atoms with Crippen LogP contribution in [-0.2, 0) is 6.54 Å². The number of carbonyl (C=O) groups excluding carboxylic acids is 1. The van der Waals surface area contributed by atoms with Gasteiger partial charge in [0.1, 0.15) is 16.7 Å². The van der Waals surface area contributed by atoms with Crippen molar-refractivity contribution in [3.8, 4) is 0 Å². The summed E-state index contributed by atoms with van der Waals surface area (Å²) >= 11 is 3.39. The molecule has 0 spiro atoms. The molecule has 0 fully saturated rings. The van der Waals surface area contributed by atoms with Gasteiger partial charge in [-0.1, -0.05) is 28.1 Å². The van der Waals surface area contributed by atoms with Crippen LogP contribution in [0.5, 0.6) is 0 Å². The molecule has 6 nitrogen and oxygen atoms in total. The minimum Gasteiger partial charge on any atom is -0.438 e. The van der Waals surface area contributed by atoms with Gasteiger partial charge < -0.3 is 14.2 Å². The zero-order valence-corrected chi connectivity index (χ0v) is 15.5. The van der Waals surface area contributed by atoms with E-state index in [1.165, 1.54) is 12.1 Å². The van der Waals surface area contributed by atoms with Crippen LogP contribution in [0.1, 0.15) is 15.9 Å². The number of nitrogens with one attached hydrogen (secondary N) is 2. The molecule has 0 saturated carbocycles. The van der Waals surface area contributed by atoms with Crippen LogP contribution >= 0.6 is 15.9 Å². The summed E-state index contributed by atoms with van der Waals surface area (Å²) in [7, 11) is 0. The maximum absolute atomic E-state index is 12.6. The molecule has 27 heavy (non-hydrogen) atoms. The van der Waals surface area contributed by atoms with E-state index in [-0.39, 0.29) is 11.1 Å². The fraction of sp³-hybridized carbons (Fsp3) is 0.0500. The Morgan fingerprint density at radius 3 is 2.70 bits per heavy atom. The van der Waals surface area contributed by atoms with Gasteiger partial charge in [-0.3, -0.25) is 10.2 Å². The smallest absolute Gasteiger partial charge is 0.336 e. The lowest BCUT2D eigenvalue weighted by Gasteiger charge is -2.07. The van der Waals surface area contributed by atoms with Crippen LogP contribution < -0.4 is 16.5 Å². The Labute approximate surface area is 161 Å². The summed E-state index contributed by atoms with van der Waals surface area (Å²) in [5.74, 6) is -0.444. The van der Waals surface area contributed by atoms with Crippen LogP contribution in [0.15, 0.2) is 72.7 Å². The summed E-state index contributed by atoms with van der Waals surface area (Å²) in [6.45, 7) is 0.306. The quantitative estimate of drug-likeness (QED) is 0.386. The second kappa shape index (κ2) is 6.85. The van der Waals surface area contributed by atoms with Gasteiger partial charge >= 0.3 is 5.63 Å². The molecule has 0 saturated heterocycles. The molecule has 0 aliphatic heterocycles. The zero-order valence-electron chi connectivity index (χ0n) is 13.9. The van der Waals surface area contributed by atoms with Crippen molar-refractivity contribution in [3.63, 3.8) is 0 Å². The Morgan fingerprint density at radius 1 is 1.07 bits per heavy atom. The molecular weight excluding hydrogens is 412 g/mol. The lowest BCUT2D eigenvalue weighted by Crippen LogP contribution is -2.27. The lowest BCUT2D eigenvalue weighted by molar-refractivity contribution is 0.0946. The summed E-state index contributed by atoms with van der Waals surface area (Å²) < 4.78 is 11.7. The van der Waals surface area contributed by atoms with Crippen LogP contribution in [0.3, 0.4) is 0 Å². The summed E-state index contributed by atoms with van der Waals surface area (Å²) in [6, 6.07) is 15.5. The van der Waals surface area contributed by atoms with E-state index in [1.54, 1.807) is 18.2 Å². The van der Waals surface area contributed by atoms with Gasteiger partial charge in [-0.25, -0.2) is 4.79 Å². The van der Waals surface area contributed by atoms with Gasteiger partial charge in [-0.2, -0.15) is 0 Å². The molecule has 2 N–H and O–H groups in total. The van der Waals surface area contributed by atoms with Crippen molar-refractivity contribution >= 4 is 43.8 Å². The first-order valence-corrected chi connectivity index (χ1v) is 8.88. The molecule has 134 valence electrons. The van der Waals surface area contributed by atoms with Crippen molar-refractivity contribution in [1.29, 1.82) is 5.41 Å². The van der Waals surface area contributed by atoms with E-state index < -0.39 is 11.5 Å². The number of hydrogen-bond donors (Lipinski definition) is 2. The van der Waals surface area contributed by atoms with Gasteiger partial charge in [0.2, 0.25) is 5.55 Å². The van der Waals surface area contributed by atoms with Crippen LogP contribution in [0.2, 0.25) is 0 Å². The summed E-state index contributed by atoms with van der Waals surface area (Å²) in [5, 5.41) is 12.0. The predicted octanol–water partition coefficient (Wildman–Crippen LogP) is 3.71. The molecule has 0 unspecified atom stereocenters. The van der Waals surface area contributed by atoms with Gasteiger partial charge in [0.15, 0.2) is 0 Å². The highest BCUT2D eigenvalue weighted by atomic mass is 79.9. The minimum atomic E-state index is -0.495. The zero-order chi connectivity index (χ0) is 19.0. The molecular formula is C20H13BrN2O4. The molecule has 1 amide bonds. The monoisotopic (exact) mass is 424 g/mol. The maximum atomic E-state index is 12.6. The standard InChI is InChI=1S/C20H13BrN2O4/c21-13-3-1-2-11(8-13)10-23-20(25)15-9-14-16(26-19(15)22)6-4-12-5-7-17(24)27-18(12)14/h1-9,22H,10H2,(H,23,25). The predicted molar refractivity (Wildman–Crippen MR) is 103 cm³/mol. The third kappa shape index (κ3) is 3.41. The third-order valence-electron chi connectivity index (χ3n) is 4.12. The molecule has 2 aromatic carbocycles. The highest BCUT2D eigenvalue weighted by Gasteiger charge is 2.14. The topological polar surface area (TPSA) is 96.3 Å². The van der Waals surface area contributed by atoms with E-state index in [0.29, 0.717) is 28.5 Å². The van der Waals surface area contributed by atoms with Crippen molar-refractivity contribution in [2.24, 2.45) is 0 Å². The number of amides is 1. The van der Waals surface area contributed by atoms with Gasteiger partial charge in [-0.15, -0.1) is 0 Å². The second-order valence-corrected chi connectivity index (χ2v) is 6.87. The maximum Gasteiger partial charge on any atom is 0.336 e. The fourth-order valence-corrected chi connectivity index (χ4v) is 3.28. The number of benzene rings is 2. The highest BCUT2D eigenvalue weighted by Crippen LogP contribution is 2.24. The van der Waals surface area contributed by atoms with Gasteiger partial charge in [0.05, 0.1) is 5.39 Å². The van der Waals surface area contributed by atoms with E-state index in [1.807, 2.05) is 24.3 Å². The Kier molecular flexibility index (Phi) is 4.37. The number of halogens is 1. The van der Waals surface area contributed by atoms with Crippen LogP contribution in [0.4, 0.5) is 0 Å². The van der Waals surface area contributed by atoms with Crippen LogP contribution in [0, 0.1) is 5.41 Å². The average molecular weight is 425 g/mol. The van der Waals surface area contributed by atoms with E-state index in [0.717, 1.165) is 10.0 Å². The SMILES string of the molecule is N=c1oc2ccc3ccc(=O)oc3c2cc1C(=O)NCc1cccc(Br)c1. The van der Waals surface area contributed by atoms with E-state index in [4.69, 9.17) is 14.2 Å². The lowest BCUT2D eigenvalue weighted by atomic mass is 10.1. The van der Waals surface area contributed by atoms with E-state index in [2.05, 4.69) is 21.2 Å². The van der Waals surface area contributed by atoms with Crippen molar-refractivity contribution in [1.82, 2.24) is 5.32 Å². The average Bonchev–Trinajstić information content (AvgIpc) is 2.65. The summed E-state index contributed by atoms with van der Waals surface area (Å²) in [5.41, 5.74) is 0.919. The number of rotatable bonds is 3. The summed E-state index contributed by atoms with van der Waals surface area (Å²) in [4.78, 5) is 24.2. The minimum absolute atomic E-state index is 0.0662. The molecule has 0 aliphatic rings. The molecule has 0 bridgehead atoms. The summed E-state index contributed by atoms with van der Waals surface area (Å²) in [6.07, 6.45) is 0. The number of carbonyl (C=O) groups is 1. The Hall–Kier alpha value is -3.19. The molecule has 2 aromatic heterocycles. The van der Waals surface area contributed by atoms with Gasteiger partial charge in [0, 0.05) is 22.5 Å². The second-order valence-electron chi connectivity index (χ2n) is 5.95. The molecule has 4 aromatic rings. The third-order valence-corrected chi connectivity index (χ3v) is 4.61. The Morgan fingerprint density at radius 2 is 1.89 bits per heavy atom. The van der Waals surface area contributed by atoms with Crippen molar-refractivity contribution < 1.29 is 13.6 Å². The van der Waals surface area contributed by atoms with Crippen molar-refractivity contribution in [2.45, 2.75) is 6.54 Å². The Bertz CT molecular complexity index is 1310. The normalized spacial score (nSPS) is 11.0. The highest BCUT2D eigenvalue weighted by molar-refractivity contribution is 9.10. The molecule has 0 aliphatic carbocycles. The number of hydrogen-bond acceptors (Lipinski definition) is 5. The molecule has 7 heteroatoms. The van der Waals surface area contributed by atoms with Gasteiger partial charge in [-0.05, 0) is 42.0 Å². The molecule has 4 rings (SSSR count). The number of fused-ring (bicyclic) bond motifs is 3. The molecule has 0 radical (unpaired) electrons. The fourth-order valence-electron chi connectivity index (χ4n) is 2.83.